The zero-order valence-electron chi connectivity index (χ0n) is 12.0. The van der Waals surface area contributed by atoms with Crippen molar-refractivity contribution in [3.8, 4) is 22.0 Å². The van der Waals surface area contributed by atoms with Gasteiger partial charge in [-0.1, -0.05) is 18.2 Å². The molecule has 1 aliphatic rings. The second kappa shape index (κ2) is 5.08. The Morgan fingerprint density at radius 1 is 1.05 bits per heavy atom. The van der Waals surface area contributed by atoms with Gasteiger partial charge in [0.05, 0.1) is 11.4 Å². The van der Waals surface area contributed by atoms with Crippen molar-refractivity contribution >= 4 is 11.3 Å². The minimum Gasteiger partial charge on any atom is -0.254 e. The minimum atomic E-state index is 0.956. The van der Waals surface area contributed by atoms with Gasteiger partial charge in [0.1, 0.15) is 5.01 Å². The first-order valence-corrected chi connectivity index (χ1v) is 8.14. The lowest BCUT2D eigenvalue weighted by molar-refractivity contribution is 0.912. The van der Waals surface area contributed by atoms with E-state index in [2.05, 4.69) is 30.1 Å². The highest BCUT2D eigenvalue weighted by atomic mass is 32.1. The Balaban J connectivity index is 1.78. The number of aryl methyl sites for hydroxylation is 3. The summed E-state index contributed by atoms with van der Waals surface area (Å²) in [6.07, 6.45) is 5.54. The predicted molar refractivity (Wildman–Crippen MR) is 87.5 cm³/mol. The van der Waals surface area contributed by atoms with Gasteiger partial charge in [0, 0.05) is 16.6 Å². The van der Waals surface area contributed by atoms with Gasteiger partial charge in [0.15, 0.2) is 0 Å². The maximum Gasteiger partial charge on any atom is 0.142 e. The van der Waals surface area contributed by atoms with Crippen LogP contribution in [0.5, 0.6) is 0 Å². The number of nitrogens with zero attached hydrogens (tertiary/aromatic N) is 2. The van der Waals surface area contributed by atoms with Crippen molar-refractivity contribution in [1.29, 1.82) is 0 Å². The molecule has 2 nitrogen and oxygen atoms in total. The van der Waals surface area contributed by atoms with Crippen LogP contribution in [0.15, 0.2) is 42.6 Å². The molecule has 0 fully saturated rings. The summed E-state index contributed by atoms with van der Waals surface area (Å²) < 4.78 is 0. The van der Waals surface area contributed by atoms with E-state index >= 15 is 0 Å². The van der Waals surface area contributed by atoms with Crippen LogP contribution in [-0.2, 0) is 12.8 Å². The van der Waals surface area contributed by atoms with Crippen LogP contribution < -0.4 is 0 Å². The van der Waals surface area contributed by atoms with Gasteiger partial charge in [0.2, 0.25) is 0 Å². The molecule has 0 radical (unpaired) electrons. The van der Waals surface area contributed by atoms with Crippen molar-refractivity contribution < 1.29 is 0 Å². The number of hydrogen-bond donors (Lipinski definition) is 0. The van der Waals surface area contributed by atoms with E-state index in [1.54, 1.807) is 11.3 Å². The molecule has 0 spiro atoms. The van der Waals surface area contributed by atoms with Crippen LogP contribution in [0, 0.1) is 6.92 Å². The van der Waals surface area contributed by atoms with Gasteiger partial charge in [-0.3, -0.25) is 4.98 Å². The zero-order valence-corrected chi connectivity index (χ0v) is 12.8. The van der Waals surface area contributed by atoms with Gasteiger partial charge in [-0.05, 0) is 55.5 Å². The van der Waals surface area contributed by atoms with Gasteiger partial charge < -0.3 is 0 Å². The molecule has 4 rings (SSSR count). The van der Waals surface area contributed by atoms with Crippen LogP contribution in [0.3, 0.4) is 0 Å². The van der Waals surface area contributed by atoms with Crippen LogP contribution in [-0.4, -0.2) is 9.97 Å². The van der Waals surface area contributed by atoms with Crippen molar-refractivity contribution in [1.82, 2.24) is 9.97 Å². The molecule has 2 heterocycles. The Hall–Kier alpha value is -2.00. The van der Waals surface area contributed by atoms with Gasteiger partial charge in [-0.15, -0.1) is 11.3 Å². The van der Waals surface area contributed by atoms with Crippen LogP contribution in [0.2, 0.25) is 0 Å². The Labute approximate surface area is 128 Å². The molecular weight excluding hydrogens is 276 g/mol. The Morgan fingerprint density at radius 3 is 2.81 bits per heavy atom. The number of pyridine rings is 1. The molecule has 3 aromatic rings. The molecule has 104 valence electrons. The normalized spacial score (nSPS) is 13.4. The Kier molecular flexibility index (Phi) is 3.08. The summed E-state index contributed by atoms with van der Waals surface area (Å²) in [4.78, 5) is 10.5. The topological polar surface area (TPSA) is 25.8 Å². The van der Waals surface area contributed by atoms with E-state index < -0.39 is 0 Å². The number of hydrogen-bond acceptors (Lipinski definition) is 3. The van der Waals surface area contributed by atoms with Crippen LogP contribution in [0.4, 0.5) is 0 Å². The highest BCUT2D eigenvalue weighted by Crippen LogP contribution is 2.34. The molecule has 0 N–H and O–H groups in total. The number of thiazole rings is 1. The third-order valence-corrected chi connectivity index (χ3v) is 5.05. The third-order valence-electron chi connectivity index (χ3n) is 4.05. The fourth-order valence-corrected chi connectivity index (χ4v) is 3.89. The zero-order chi connectivity index (χ0) is 14.2. The highest BCUT2D eigenvalue weighted by molar-refractivity contribution is 7.15. The first kappa shape index (κ1) is 12.7. The summed E-state index contributed by atoms with van der Waals surface area (Å²) in [5.41, 5.74) is 6.32. The number of rotatable bonds is 2. The molecule has 21 heavy (non-hydrogen) atoms. The van der Waals surface area contributed by atoms with E-state index in [9.17, 15) is 0 Å². The number of benzene rings is 1. The molecule has 3 heteroatoms. The lowest BCUT2D eigenvalue weighted by Crippen LogP contribution is -1.87. The first-order valence-electron chi connectivity index (χ1n) is 7.32. The molecule has 0 saturated heterocycles. The Bertz CT molecular complexity index is 790. The second-order valence-electron chi connectivity index (χ2n) is 5.48. The van der Waals surface area contributed by atoms with E-state index in [1.807, 2.05) is 24.4 Å². The predicted octanol–water partition coefficient (Wildman–Crippen LogP) is 4.67. The molecule has 0 saturated carbocycles. The average molecular weight is 292 g/mol. The smallest absolute Gasteiger partial charge is 0.142 e. The molecular formula is C18H16N2S. The molecule has 0 bridgehead atoms. The third kappa shape index (κ3) is 2.28. The molecule has 1 aromatic carbocycles. The number of aromatic nitrogens is 2. The summed E-state index contributed by atoms with van der Waals surface area (Å²) >= 11 is 1.72. The fourth-order valence-electron chi connectivity index (χ4n) is 2.98. The Morgan fingerprint density at radius 2 is 1.95 bits per heavy atom. The van der Waals surface area contributed by atoms with E-state index in [4.69, 9.17) is 4.98 Å². The molecule has 0 unspecified atom stereocenters. The van der Waals surface area contributed by atoms with Crippen LogP contribution in [0.25, 0.3) is 22.0 Å². The minimum absolute atomic E-state index is 0.956. The van der Waals surface area contributed by atoms with Crippen molar-refractivity contribution in [2.24, 2.45) is 0 Å². The summed E-state index contributed by atoms with van der Waals surface area (Å²) in [5, 5.41) is 1.00. The molecule has 1 aliphatic carbocycles. The summed E-state index contributed by atoms with van der Waals surface area (Å²) in [5.74, 6) is 0. The van der Waals surface area contributed by atoms with E-state index in [1.165, 1.54) is 40.8 Å². The summed E-state index contributed by atoms with van der Waals surface area (Å²) in [6, 6.07) is 12.8. The van der Waals surface area contributed by atoms with E-state index in [0.29, 0.717) is 0 Å². The number of fused-ring (bicyclic) bond motifs is 1. The maximum absolute atomic E-state index is 4.83. The SMILES string of the molecule is Cc1sc(-c2ccccn2)nc1-c1ccc2c(c1)CCC2. The molecule has 0 atom stereocenters. The fraction of sp³-hybridized carbons (Fsp3) is 0.222. The largest absolute Gasteiger partial charge is 0.254 e. The van der Waals surface area contributed by atoms with Crippen LogP contribution >= 0.6 is 11.3 Å². The highest BCUT2D eigenvalue weighted by Gasteiger charge is 2.15. The van der Waals surface area contributed by atoms with Gasteiger partial charge in [0.25, 0.3) is 0 Å². The van der Waals surface area contributed by atoms with E-state index in [0.717, 1.165) is 16.4 Å². The van der Waals surface area contributed by atoms with Crippen molar-refractivity contribution in [3.05, 3.63) is 58.6 Å². The lowest BCUT2D eigenvalue weighted by atomic mass is 10.0. The summed E-state index contributed by atoms with van der Waals surface area (Å²) in [6.45, 7) is 2.15. The molecule has 0 aliphatic heterocycles. The molecule has 2 aromatic heterocycles. The van der Waals surface area contributed by atoms with Crippen molar-refractivity contribution in [2.45, 2.75) is 26.2 Å². The molecule has 0 amide bonds. The standard InChI is InChI=1S/C18H16N2S/c1-12-17(15-9-8-13-5-4-6-14(13)11-15)20-18(21-12)16-7-2-3-10-19-16/h2-3,7-11H,4-6H2,1H3. The van der Waals surface area contributed by atoms with Crippen LogP contribution in [0.1, 0.15) is 22.4 Å². The van der Waals surface area contributed by atoms with Gasteiger partial charge in [-0.25, -0.2) is 4.98 Å². The second-order valence-corrected chi connectivity index (χ2v) is 6.68. The lowest BCUT2D eigenvalue weighted by Gasteiger charge is -2.03. The van der Waals surface area contributed by atoms with Crippen molar-refractivity contribution in [3.63, 3.8) is 0 Å². The monoisotopic (exact) mass is 292 g/mol. The summed E-state index contributed by atoms with van der Waals surface area (Å²) in [7, 11) is 0. The van der Waals surface area contributed by atoms with Crippen molar-refractivity contribution in [2.75, 3.05) is 0 Å². The van der Waals surface area contributed by atoms with E-state index in [-0.39, 0.29) is 0 Å². The quantitative estimate of drug-likeness (QED) is 0.686. The van der Waals surface area contributed by atoms with Gasteiger partial charge in [-0.2, -0.15) is 0 Å². The first-order chi connectivity index (χ1) is 10.3. The average Bonchev–Trinajstić information content (AvgIpc) is 3.13. The van der Waals surface area contributed by atoms with Gasteiger partial charge >= 0.3 is 0 Å². The maximum atomic E-state index is 4.83.